The molecule has 0 bridgehead atoms. The van der Waals surface area contributed by atoms with Crippen LogP contribution in [0.15, 0.2) is 24.3 Å². The van der Waals surface area contributed by atoms with Crippen molar-refractivity contribution < 1.29 is 19.0 Å². The number of hydrogen-bond acceptors (Lipinski definition) is 4. The van der Waals surface area contributed by atoms with Gasteiger partial charge in [-0.15, -0.1) is 0 Å². The molecule has 1 aromatic carbocycles. The number of benzene rings is 1. The van der Waals surface area contributed by atoms with Crippen molar-refractivity contribution in [2.24, 2.45) is 0 Å². The molecule has 22 heavy (non-hydrogen) atoms. The van der Waals surface area contributed by atoms with Gasteiger partial charge in [0.15, 0.2) is 11.9 Å². The molecule has 0 N–H and O–H groups in total. The molecule has 1 spiro atoms. The summed E-state index contributed by atoms with van der Waals surface area (Å²) in [6, 6.07) is 7.61. The lowest BCUT2D eigenvalue weighted by Crippen LogP contribution is -2.35. The van der Waals surface area contributed by atoms with E-state index in [1.54, 1.807) is 0 Å². The summed E-state index contributed by atoms with van der Waals surface area (Å²) in [5.74, 6) is -0.997. The summed E-state index contributed by atoms with van der Waals surface area (Å²) in [6.07, 6.45) is 4.48. The third-order valence-corrected chi connectivity index (χ3v) is 4.84. The van der Waals surface area contributed by atoms with Crippen molar-refractivity contribution >= 4 is 17.6 Å². The third kappa shape index (κ3) is 3.14. The van der Waals surface area contributed by atoms with Gasteiger partial charge in [0.05, 0.1) is 7.11 Å². The minimum atomic E-state index is -0.681. The molecule has 0 unspecified atom stereocenters. The van der Waals surface area contributed by atoms with Gasteiger partial charge in [0, 0.05) is 24.3 Å². The van der Waals surface area contributed by atoms with Gasteiger partial charge in [-0.25, -0.2) is 4.79 Å². The summed E-state index contributed by atoms with van der Waals surface area (Å²) in [5.41, 5.74) is 0.958. The number of carbonyl (C=O) groups excluding carboxylic acids is 1. The molecule has 1 heterocycles. The van der Waals surface area contributed by atoms with E-state index >= 15 is 0 Å². The highest BCUT2D eigenvalue weighted by molar-refractivity contribution is 6.31. The number of methoxy groups -OCH3 is 1. The van der Waals surface area contributed by atoms with E-state index in [1.807, 2.05) is 24.3 Å². The van der Waals surface area contributed by atoms with E-state index in [4.69, 9.17) is 25.8 Å². The first-order valence-electron chi connectivity index (χ1n) is 7.80. The fourth-order valence-electron chi connectivity index (χ4n) is 3.34. The average molecular weight is 325 g/mol. The van der Waals surface area contributed by atoms with Gasteiger partial charge in [0.1, 0.15) is 6.10 Å². The monoisotopic (exact) mass is 324 g/mol. The van der Waals surface area contributed by atoms with Crippen LogP contribution in [0.4, 0.5) is 0 Å². The molecule has 1 saturated carbocycles. The Morgan fingerprint density at radius 3 is 2.68 bits per heavy atom. The largest absolute Gasteiger partial charge is 0.467 e. The van der Waals surface area contributed by atoms with Crippen LogP contribution in [0.1, 0.15) is 37.7 Å². The predicted octanol–water partition coefficient (Wildman–Crippen LogP) is 3.50. The fourth-order valence-corrected chi connectivity index (χ4v) is 3.56. The number of carbonyl (C=O) groups is 1. The van der Waals surface area contributed by atoms with E-state index in [0.717, 1.165) is 31.2 Å². The summed E-state index contributed by atoms with van der Waals surface area (Å²) in [6.45, 7) is 0. The standard InChI is InChI=1S/C17H21ClO4/c1-20-16(19)15-14(11-12-7-3-4-8-13(12)18)21-17(22-15)9-5-2-6-10-17/h3-4,7-8,14-15H,2,5-6,9-11H2,1H3/t14-,15+/m0/s1. The maximum atomic E-state index is 12.1. The van der Waals surface area contributed by atoms with Crippen molar-refractivity contribution in [1.82, 2.24) is 0 Å². The van der Waals surface area contributed by atoms with Crippen LogP contribution in [0, 0.1) is 0 Å². The van der Waals surface area contributed by atoms with Crippen LogP contribution >= 0.6 is 11.6 Å². The quantitative estimate of drug-likeness (QED) is 0.798. The van der Waals surface area contributed by atoms with Gasteiger partial charge >= 0.3 is 5.97 Å². The van der Waals surface area contributed by atoms with E-state index in [1.165, 1.54) is 13.5 Å². The molecule has 2 aliphatic rings. The van der Waals surface area contributed by atoms with Crippen LogP contribution in [0.25, 0.3) is 0 Å². The van der Waals surface area contributed by atoms with Gasteiger partial charge in [-0.2, -0.15) is 0 Å². The van der Waals surface area contributed by atoms with Crippen LogP contribution in [0.2, 0.25) is 5.02 Å². The number of ether oxygens (including phenoxy) is 3. The van der Waals surface area contributed by atoms with E-state index in [-0.39, 0.29) is 12.1 Å². The zero-order chi connectivity index (χ0) is 15.6. The lowest BCUT2D eigenvalue weighted by atomic mass is 9.94. The molecule has 1 aliphatic carbocycles. The normalized spacial score (nSPS) is 27.0. The predicted molar refractivity (Wildman–Crippen MR) is 82.7 cm³/mol. The second-order valence-corrected chi connectivity index (χ2v) is 6.39. The molecule has 120 valence electrons. The van der Waals surface area contributed by atoms with Gasteiger partial charge in [0.25, 0.3) is 0 Å². The number of halogens is 1. The minimum absolute atomic E-state index is 0.356. The Kier molecular flexibility index (Phi) is 4.71. The Labute approximate surface area is 135 Å². The number of rotatable bonds is 3. The Morgan fingerprint density at radius 2 is 2.00 bits per heavy atom. The molecule has 2 atom stereocenters. The minimum Gasteiger partial charge on any atom is -0.467 e. The van der Waals surface area contributed by atoms with Crippen LogP contribution in [0.5, 0.6) is 0 Å². The second-order valence-electron chi connectivity index (χ2n) is 5.98. The highest BCUT2D eigenvalue weighted by Gasteiger charge is 2.51. The van der Waals surface area contributed by atoms with Crippen LogP contribution in [0.3, 0.4) is 0 Å². The molecule has 1 saturated heterocycles. The molecule has 4 nitrogen and oxygen atoms in total. The summed E-state index contributed by atoms with van der Waals surface area (Å²) in [5, 5.41) is 0.680. The van der Waals surface area contributed by atoms with Crippen molar-refractivity contribution in [3.8, 4) is 0 Å². The van der Waals surface area contributed by atoms with Gasteiger partial charge in [0.2, 0.25) is 0 Å². The Hall–Kier alpha value is -1.10. The highest BCUT2D eigenvalue weighted by Crippen LogP contribution is 2.41. The number of hydrogen-bond donors (Lipinski definition) is 0. The smallest absolute Gasteiger partial charge is 0.337 e. The van der Waals surface area contributed by atoms with Crippen LogP contribution < -0.4 is 0 Å². The molecular formula is C17H21ClO4. The number of esters is 1. The summed E-state index contributed by atoms with van der Waals surface area (Å²) in [7, 11) is 1.38. The van der Waals surface area contributed by atoms with Crippen molar-refractivity contribution in [3.63, 3.8) is 0 Å². The lowest BCUT2D eigenvalue weighted by Gasteiger charge is -2.31. The van der Waals surface area contributed by atoms with Gasteiger partial charge in [-0.3, -0.25) is 0 Å². The van der Waals surface area contributed by atoms with Crippen molar-refractivity contribution in [3.05, 3.63) is 34.9 Å². The molecule has 0 aromatic heterocycles. The second kappa shape index (κ2) is 6.57. The summed E-state index contributed by atoms with van der Waals surface area (Å²) < 4.78 is 17.1. The van der Waals surface area contributed by atoms with Crippen molar-refractivity contribution in [2.45, 2.75) is 56.5 Å². The maximum Gasteiger partial charge on any atom is 0.337 e. The zero-order valence-corrected chi connectivity index (χ0v) is 13.5. The van der Waals surface area contributed by atoms with E-state index in [0.29, 0.717) is 11.4 Å². The molecule has 1 aromatic rings. The summed E-state index contributed by atoms with van der Waals surface area (Å²) in [4.78, 5) is 12.1. The van der Waals surface area contributed by atoms with Gasteiger partial charge < -0.3 is 14.2 Å². The molecule has 0 radical (unpaired) electrons. The molecule has 1 aliphatic heterocycles. The first kappa shape index (κ1) is 15.8. The highest BCUT2D eigenvalue weighted by atomic mass is 35.5. The molecule has 2 fully saturated rings. The van der Waals surface area contributed by atoms with Gasteiger partial charge in [-0.1, -0.05) is 36.2 Å². The first-order valence-corrected chi connectivity index (χ1v) is 8.18. The first-order chi connectivity index (χ1) is 10.6. The third-order valence-electron chi connectivity index (χ3n) is 4.47. The Balaban J connectivity index is 1.80. The Morgan fingerprint density at radius 1 is 1.27 bits per heavy atom. The van der Waals surface area contributed by atoms with Crippen molar-refractivity contribution in [1.29, 1.82) is 0 Å². The van der Waals surface area contributed by atoms with Crippen molar-refractivity contribution in [2.75, 3.05) is 7.11 Å². The molecule has 3 rings (SSSR count). The molecule has 5 heteroatoms. The SMILES string of the molecule is COC(=O)[C@@H]1OC2(CCCCC2)O[C@H]1Cc1ccccc1Cl. The average Bonchev–Trinajstić information content (AvgIpc) is 2.87. The maximum absolute atomic E-state index is 12.1. The molecule has 0 amide bonds. The lowest BCUT2D eigenvalue weighted by molar-refractivity contribution is -0.199. The molecular weight excluding hydrogens is 304 g/mol. The summed E-state index contributed by atoms with van der Waals surface area (Å²) >= 11 is 6.23. The van der Waals surface area contributed by atoms with Crippen LogP contribution in [-0.4, -0.2) is 31.1 Å². The fraction of sp³-hybridized carbons (Fsp3) is 0.588. The van der Waals surface area contributed by atoms with E-state index in [9.17, 15) is 4.79 Å². The van der Waals surface area contributed by atoms with Crippen LogP contribution in [-0.2, 0) is 25.4 Å². The van der Waals surface area contributed by atoms with Gasteiger partial charge in [-0.05, 0) is 24.5 Å². The zero-order valence-electron chi connectivity index (χ0n) is 12.7. The topological polar surface area (TPSA) is 44.8 Å². The van der Waals surface area contributed by atoms with E-state index in [2.05, 4.69) is 0 Å². The van der Waals surface area contributed by atoms with E-state index < -0.39 is 11.9 Å². The Bertz CT molecular complexity index is 539.